The van der Waals surface area contributed by atoms with Crippen molar-refractivity contribution in [2.45, 2.75) is 113 Å². The molecule has 0 aromatic rings. The van der Waals surface area contributed by atoms with Gasteiger partial charge in [0.2, 0.25) is 0 Å². The molecule has 0 N–H and O–H groups in total. The Morgan fingerprint density at radius 1 is 0.762 bits per heavy atom. The number of unbranched alkanes of at least 4 members (excludes halogenated alkanes) is 3. The van der Waals surface area contributed by atoms with Crippen molar-refractivity contribution >= 4 is 0 Å². The van der Waals surface area contributed by atoms with Crippen LogP contribution >= 0.6 is 0 Å². The lowest BCUT2D eigenvalue weighted by Gasteiger charge is -2.35. The molecule has 3 atom stereocenters. The highest BCUT2D eigenvalue weighted by Crippen LogP contribution is 2.39. The Morgan fingerprint density at radius 3 is 1.90 bits per heavy atom. The summed E-state index contributed by atoms with van der Waals surface area (Å²) >= 11 is 0. The Labute approximate surface area is 136 Å². The van der Waals surface area contributed by atoms with Crippen LogP contribution in [-0.2, 0) is 0 Å². The van der Waals surface area contributed by atoms with E-state index in [1.54, 1.807) is 0 Å². The molecule has 3 unspecified atom stereocenters. The van der Waals surface area contributed by atoms with E-state index in [1.165, 1.54) is 64.2 Å². The van der Waals surface area contributed by atoms with Gasteiger partial charge in [-0.2, -0.15) is 0 Å². The van der Waals surface area contributed by atoms with Crippen molar-refractivity contribution in [2.75, 3.05) is 0 Å². The lowest BCUT2D eigenvalue weighted by Crippen LogP contribution is -2.25. The van der Waals surface area contributed by atoms with Crippen molar-refractivity contribution < 1.29 is 0 Å². The van der Waals surface area contributed by atoms with Gasteiger partial charge in [-0.1, -0.05) is 99.8 Å². The Hall–Kier alpha value is 0. The van der Waals surface area contributed by atoms with E-state index >= 15 is 0 Å². The van der Waals surface area contributed by atoms with E-state index in [2.05, 4.69) is 48.5 Å². The smallest absolute Gasteiger partial charge is 0.0351 e. The van der Waals surface area contributed by atoms with Gasteiger partial charge in [-0.15, -0.1) is 0 Å². The van der Waals surface area contributed by atoms with Gasteiger partial charge in [0.1, 0.15) is 0 Å². The average Bonchev–Trinajstić information content (AvgIpc) is 2.44. The van der Waals surface area contributed by atoms with Gasteiger partial charge < -0.3 is 0 Å². The van der Waals surface area contributed by atoms with Gasteiger partial charge in [-0.3, -0.25) is 0 Å². The maximum atomic E-state index is 2.53. The molecule has 0 saturated carbocycles. The normalized spacial score (nSPS) is 16.7. The standard InChI is InChI=1S/C21H44/c1-8-11-13-15-18(4)19(5)20(14-10-3)17-21(6,7)16-12-9-2/h18-20H,8-17H2,1-7H3. The van der Waals surface area contributed by atoms with Crippen LogP contribution in [0.15, 0.2) is 0 Å². The molecule has 128 valence electrons. The molecular weight excluding hydrogens is 252 g/mol. The lowest BCUT2D eigenvalue weighted by atomic mass is 9.70. The Bertz CT molecular complexity index is 228. The monoisotopic (exact) mass is 296 g/mol. The van der Waals surface area contributed by atoms with Crippen LogP contribution in [0.1, 0.15) is 113 Å². The molecule has 0 fully saturated rings. The molecule has 21 heavy (non-hydrogen) atoms. The fraction of sp³-hybridized carbons (Fsp3) is 1.00. The minimum atomic E-state index is 0.535. The summed E-state index contributed by atoms with van der Waals surface area (Å²) in [5.41, 5.74) is 0.535. The van der Waals surface area contributed by atoms with E-state index < -0.39 is 0 Å². The summed E-state index contributed by atoms with van der Waals surface area (Å²) in [5.74, 6) is 2.72. The Balaban J connectivity index is 4.49. The minimum Gasteiger partial charge on any atom is -0.0654 e. The minimum absolute atomic E-state index is 0.535. The van der Waals surface area contributed by atoms with Crippen LogP contribution in [0.2, 0.25) is 0 Å². The summed E-state index contributed by atoms with van der Waals surface area (Å²) in [6.45, 7) is 17.0. The highest BCUT2D eigenvalue weighted by Gasteiger charge is 2.28. The summed E-state index contributed by atoms with van der Waals surface area (Å²) in [4.78, 5) is 0. The van der Waals surface area contributed by atoms with Crippen molar-refractivity contribution in [1.82, 2.24) is 0 Å². The predicted molar refractivity (Wildman–Crippen MR) is 98.8 cm³/mol. The average molecular weight is 297 g/mol. The van der Waals surface area contributed by atoms with Gasteiger partial charge in [0.15, 0.2) is 0 Å². The molecule has 0 amide bonds. The summed E-state index contributed by atoms with van der Waals surface area (Å²) < 4.78 is 0. The number of rotatable bonds is 13. The molecule has 0 heterocycles. The lowest BCUT2D eigenvalue weighted by molar-refractivity contribution is 0.151. The second kappa shape index (κ2) is 11.6. The van der Waals surface area contributed by atoms with E-state index in [1.807, 2.05) is 0 Å². The van der Waals surface area contributed by atoms with Crippen LogP contribution in [-0.4, -0.2) is 0 Å². The van der Waals surface area contributed by atoms with Crippen molar-refractivity contribution in [3.05, 3.63) is 0 Å². The van der Waals surface area contributed by atoms with Gasteiger partial charge in [0.25, 0.3) is 0 Å². The molecule has 0 aromatic carbocycles. The molecule has 0 aliphatic heterocycles. The molecule has 0 saturated heterocycles. The SMILES string of the molecule is CCCCCC(C)C(C)C(CCC)CC(C)(C)CCCC. The van der Waals surface area contributed by atoms with Gasteiger partial charge in [-0.05, 0) is 36.0 Å². The van der Waals surface area contributed by atoms with Crippen LogP contribution in [0.5, 0.6) is 0 Å². The summed E-state index contributed by atoms with van der Waals surface area (Å²) in [7, 11) is 0. The summed E-state index contributed by atoms with van der Waals surface area (Å²) in [6.07, 6.45) is 14.0. The van der Waals surface area contributed by atoms with E-state index in [9.17, 15) is 0 Å². The third-order valence-electron chi connectivity index (χ3n) is 5.59. The molecule has 0 spiro atoms. The van der Waals surface area contributed by atoms with E-state index in [4.69, 9.17) is 0 Å². The Kier molecular flexibility index (Phi) is 11.6. The first-order valence-corrected chi connectivity index (χ1v) is 9.87. The molecule has 0 bridgehead atoms. The van der Waals surface area contributed by atoms with Crippen molar-refractivity contribution in [3.63, 3.8) is 0 Å². The van der Waals surface area contributed by atoms with E-state index in [-0.39, 0.29) is 0 Å². The highest BCUT2D eigenvalue weighted by atomic mass is 14.3. The second-order valence-corrected chi connectivity index (χ2v) is 8.35. The maximum Gasteiger partial charge on any atom is -0.0351 e. The third kappa shape index (κ3) is 9.59. The highest BCUT2D eigenvalue weighted by molar-refractivity contribution is 4.79. The molecule has 0 rings (SSSR count). The molecule has 0 radical (unpaired) electrons. The number of hydrogen-bond acceptors (Lipinski definition) is 0. The van der Waals surface area contributed by atoms with Gasteiger partial charge in [0, 0.05) is 0 Å². The van der Waals surface area contributed by atoms with Crippen LogP contribution in [0, 0.1) is 23.2 Å². The first kappa shape index (κ1) is 21.0. The molecular formula is C21H44. The van der Waals surface area contributed by atoms with Crippen LogP contribution < -0.4 is 0 Å². The predicted octanol–water partition coefficient (Wildman–Crippen LogP) is 7.86. The molecule has 0 aliphatic rings. The van der Waals surface area contributed by atoms with Crippen LogP contribution in [0.4, 0.5) is 0 Å². The topological polar surface area (TPSA) is 0 Å². The largest absolute Gasteiger partial charge is 0.0654 e. The molecule has 0 aliphatic carbocycles. The fourth-order valence-corrected chi connectivity index (χ4v) is 3.83. The first-order valence-electron chi connectivity index (χ1n) is 9.87. The first-order chi connectivity index (χ1) is 9.87. The fourth-order valence-electron chi connectivity index (χ4n) is 3.83. The Morgan fingerprint density at radius 2 is 1.38 bits per heavy atom. The number of hydrogen-bond donors (Lipinski definition) is 0. The van der Waals surface area contributed by atoms with E-state index in [0.717, 1.165) is 17.8 Å². The maximum absolute atomic E-state index is 2.53. The zero-order valence-corrected chi connectivity index (χ0v) is 16.3. The third-order valence-corrected chi connectivity index (χ3v) is 5.59. The van der Waals surface area contributed by atoms with Crippen molar-refractivity contribution in [1.29, 1.82) is 0 Å². The zero-order valence-electron chi connectivity index (χ0n) is 16.3. The second-order valence-electron chi connectivity index (χ2n) is 8.35. The van der Waals surface area contributed by atoms with Crippen molar-refractivity contribution in [2.24, 2.45) is 23.2 Å². The molecule has 0 nitrogen and oxygen atoms in total. The molecule has 0 aromatic heterocycles. The van der Waals surface area contributed by atoms with Crippen molar-refractivity contribution in [3.8, 4) is 0 Å². The zero-order chi connectivity index (χ0) is 16.3. The summed E-state index contributed by atoms with van der Waals surface area (Å²) in [5, 5.41) is 0. The van der Waals surface area contributed by atoms with Gasteiger partial charge >= 0.3 is 0 Å². The van der Waals surface area contributed by atoms with Gasteiger partial charge in [-0.25, -0.2) is 0 Å². The van der Waals surface area contributed by atoms with E-state index in [0.29, 0.717) is 5.41 Å². The quantitative estimate of drug-likeness (QED) is 0.303. The molecule has 0 heteroatoms. The van der Waals surface area contributed by atoms with Crippen LogP contribution in [0.3, 0.4) is 0 Å². The van der Waals surface area contributed by atoms with Crippen LogP contribution in [0.25, 0.3) is 0 Å². The summed E-state index contributed by atoms with van der Waals surface area (Å²) in [6, 6.07) is 0. The van der Waals surface area contributed by atoms with Gasteiger partial charge in [0.05, 0.1) is 0 Å².